The summed E-state index contributed by atoms with van der Waals surface area (Å²) in [5, 5.41) is 9.49. The SMILES string of the molecule is N#Cc1ccc(-c2cc(F)ccc2Oc2cncnc2N2CCC3(CCN(Cc4ccc(N5CCCC5=O)cc4)C3)C2)c(C2CC2)c1. The van der Waals surface area contributed by atoms with Gasteiger partial charge in [-0.2, -0.15) is 5.26 Å². The third-order valence-electron chi connectivity index (χ3n) is 10.3. The summed E-state index contributed by atoms with van der Waals surface area (Å²) in [5.74, 6) is 2.08. The molecule has 1 spiro atoms. The molecule has 3 aromatic carbocycles. The van der Waals surface area contributed by atoms with Crippen molar-refractivity contribution in [2.75, 3.05) is 42.5 Å². The zero-order chi connectivity index (χ0) is 32.0. The zero-order valence-electron chi connectivity index (χ0n) is 26.4. The summed E-state index contributed by atoms with van der Waals surface area (Å²) >= 11 is 0. The average molecular weight is 629 g/mol. The van der Waals surface area contributed by atoms with E-state index in [1.54, 1.807) is 24.7 Å². The Hall–Kier alpha value is -4.81. The molecule has 4 fully saturated rings. The van der Waals surface area contributed by atoms with Crippen LogP contribution in [0.2, 0.25) is 0 Å². The summed E-state index contributed by atoms with van der Waals surface area (Å²) in [6, 6.07) is 21.0. The third-order valence-corrected chi connectivity index (χ3v) is 10.3. The second kappa shape index (κ2) is 12.1. The predicted molar refractivity (Wildman–Crippen MR) is 178 cm³/mol. The van der Waals surface area contributed by atoms with Gasteiger partial charge in [-0.15, -0.1) is 0 Å². The van der Waals surface area contributed by atoms with Gasteiger partial charge in [0.2, 0.25) is 5.91 Å². The van der Waals surface area contributed by atoms with E-state index in [1.165, 1.54) is 17.7 Å². The molecule has 1 amide bonds. The first-order chi connectivity index (χ1) is 23.0. The van der Waals surface area contributed by atoms with Gasteiger partial charge < -0.3 is 14.5 Å². The molecule has 9 heteroatoms. The number of nitrogens with zero attached hydrogens (tertiary/aromatic N) is 6. The maximum absolute atomic E-state index is 14.7. The normalized spacial score (nSPS) is 21.1. The number of halogens is 1. The number of anilines is 2. The van der Waals surface area contributed by atoms with Gasteiger partial charge >= 0.3 is 0 Å². The lowest BCUT2D eigenvalue weighted by Crippen LogP contribution is -2.31. The van der Waals surface area contributed by atoms with Crippen LogP contribution >= 0.6 is 0 Å². The smallest absolute Gasteiger partial charge is 0.227 e. The molecule has 4 aliphatic rings. The van der Waals surface area contributed by atoms with Crippen molar-refractivity contribution in [3.63, 3.8) is 0 Å². The minimum atomic E-state index is -0.340. The van der Waals surface area contributed by atoms with E-state index in [2.05, 4.69) is 50.1 Å². The van der Waals surface area contributed by atoms with Gasteiger partial charge in [-0.05, 0) is 104 Å². The van der Waals surface area contributed by atoms with Crippen molar-refractivity contribution in [1.82, 2.24) is 14.9 Å². The van der Waals surface area contributed by atoms with Crippen molar-refractivity contribution in [2.24, 2.45) is 5.41 Å². The highest BCUT2D eigenvalue weighted by Gasteiger charge is 2.44. The van der Waals surface area contributed by atoms with Gasteiger partial charge in [0.1, 0.15) is 17.9 Å². The molecular formula is C38H37FN6O2. The number of ether oxygens (including phenoxy) is 1. The molecule has 4 heterocycles. The lowest BCUT2D eigenvalue weighted by molar-refractivity contribution is -0.117. The highest BCUT2D eigenvalue weighted by molar-refractivity contribution is 5.95. The van der Waals surface area contributed by atoms with Crippen LogP contribution in [-0.2, 0) is 11.3 Å². The molecule has 0 bridgehead atoms. The number of rotatable bonds is 8. The standard InChI is InChI=1S/C38H37FN6O2/c39-29-8-12-34(33(19-29)31-11-5-27(20-40)18-32(31)28-6-7-28)47-35-21-41-25-42-37(35)44-17-14-38(24-44)13-16-43(23-38)22-26-3-9-30(10-4-26)45-15-1-2-36(45)46/h3-5,8-12,18-19,21,25,28H,1-2,6-7,13-17,22-24H2. The first-order valence-corrected chi connectivity index (χ1v) is 16.7. The summed E-state index contributed by atoms with van der Waals surface area (Å²) in [5.41, 5.74) is 5.66. The molecule has 1 saturated carbocycles. The van der Waals surface area contributed by atoms with Gasteiger partial charge in [0.15, 0.2) is 11.6 Å². The summed E-state index contributed by atoms with van der Waals surface area (Å²) < 4.78 is 21.2. The van der Waals surface area contributed by atoms with Crippen molar-refractivity contribution in [2.45, 2.75) is 51.0 Å². The Morgan fingerprint density at radius 3 is 2.60 bits per heavy atom. The summed E-state index contributed by atoms with van der Waals surface area (Å²) in [6.45, 7) is 5.51. The first-order valence-electron chi connectivity index (χ1n) is 16.7. The number of nitriles is 1. The van der Waals surface area contributed by atoms with Crippen molar-refractivity contribution >= 4 is 17.4 Å². The molecule has 8 nitrogen and oxygen atoms in total. The number of hydrogen-bond acceptors (Lipinski definition) is 7. The molecule has 1 aliphatic carbocycles. The van der Waals surface area contributed by atoms with Crippen molar-refractivity contribution in [3.05, 3.63) is 95.7 Å². The van der Waals surface area contributed by atoms with Crippen LogP contribution in [0.4, 0.5) is 15.9 Å². The van der Waals surface area contributed by atoms with Crippen LogP contribution in [0, 0.1) is 22.6 Å². The quantitative estimate of drug-likeness (QED) is 0.207. The monoisotopic (exact) mass is 628 g/mol. The molecule has 0 radical (unpaired) electrons. The molecule has 1 atom stereocenters. The van der Waals surface area contributed by atoms with Crippen LogP contribution in [-0.4, -0.2) is 53.5 Å². The van der Waals surface area contributed by atoms with E-state index in [0.717, 1.165) is 94.0 Å². The van der Waals surface area contributed by atoms with Crippen molar-refractivity contribution in [1.29, 1.82) is 5.26 Å². The van der Waals surface area contributed by atoms with Gasteiger partial charge in [-0.3, -0.25) is 9.69 Å². The van der Waals surface area contributed by atoms with E-state index in [4.69, 9.17) is 4.74 Å². The fraction of sp³-hybridized carbons (Fsp3) is 0.368. The number of hydrogen-bond donors (Lipinski definition) is 0. The maximum Gasteiger partial charge on any atom is 0.227 e. The molecular weight excluding hydrogens is 591 g/mol. The van der Waals surface area contributed by atoms with E-state index in [0.29, 0.717) is 35.0 Å². The lowest BCUT2D eigenvalue weighted by Gasteiger charge is -2.26. The largest absolute Gasteiger partial charge is 0.451 e. The minimum absolute atomic E-state index is 0.173. The Kier molecular flexibility index (Phi) is 7.61. The molecule has 0 N–H and O–H groups in total. The number of aromatic nitrogens is 2. The van der Waals surface area contributed by atoms with Crippen LogP contribution in [0.25, 0.3) is 11.1 Å². The summed E-state index contributed by atoms with van der Waals surface area (Å²) in [7, 11) is 0. The predicted octanol–water partition coefficient (Wildman–Crippen LogP) is 7.05. The molecule has 3 saturated heterocycles. The van der Waals surface area contributed by atoms with E-state index in [1.807, 2.05) is 17.0 Å². The summed E-state index contributed by atoms with van der Waals surface area (Å²) in [6.07, 6.45) is 9.15. The minimum Gasteiger partial charge on any atom is -0.451 e. The van der Waals surface area contributed by atoms with Gasteiger partial charge in [0, 0.05) is 55.8 Å². The Morgan fingerprint density at radius 1 is 0.957 bits per heavy atom. The van der Waals surface area contributed by atoms with Gasteiger partial charge in [-0.1, -0.05) is 18.2 Å². The first kappa shape index (κ1) is 29.6. The van der Waals surface area contributed by atoms with Crippen molar-refractivity contribution in [3.8, 4) is 28.7 Å². The van der Waals surface area contributed by atoms with Crippen molar-refractivity contribution < 1.29 is 13.9 Å². The Bertz CT molecular complexity index is 1870. The number of carbonyl (C=O) groups excluding carboxylic acids is 1. The van der Waals surface area contributed by atoms with Crippen LogP contribution in [0.1, 0.15) is 61.1 Å². The Balaban J connectivity index is 0.980. The lowest BCUT2D eigenvalue weighted by atomic mass is 9.86. The molecule has 3 aliphatic heterocycles. The molecule has 4 aromatic rings. The number of benzene rings is 3. The van der Waals surface area contributed by atoms with Crippen LogP contribution in [0.5, 0.6) is 11.5 Å². The highest BCUT2D eigenvalue weighted by atomic mass is 19.1. The van der Waals surface area contributed by atoms with Crippen LogP contribution < -0.4 is 14.5 Å². The van der Waals surface area contributed by atoms with Crippen LogP contribution in [0.3, 0.4) is 0 Å². The van der Waals surface area contributed by atoms with E-state index < -0.39 is 0 Å². The highest BCUT2D eigenvalue weighted by Crippen LogP contribution is 2.48. The number of amides is 1. The van der Waals surface area contributed by atoms with Crippen LogP contribution in [0.15, 0.2) is 73.2 Å². The molecule has 47 heavy (non-hydrogen) atoms. The fourth-order valence-electron chi connectivity index (χ4n) is 7.72. The topological polar surface area (TPSA) is 85.6 Å². The molecule has 8 rings (SSSR count). The fourth-order valence-corrected chi connectivity index (χ4v) is 7.72. The second-order valence-electron chi connectivity index (χ2n) is 13.6. The van der Waals surface area contributed by atoms with E-state index >= 15 is 0 Å². The Labute approximate surface area is 274 Å². The number of likely N-dealkylation sites (tertiary alicyclic amines) is 1. The van der Waals surface area contributed by atoms with E-state index in [-0.39, 0.29) is 17.1 Å². The zero-order valence-corrected chi connectivity index (χ0v) is 26.4. The average Bonchev–Trinajstić information content (AvgIpc) is 3.54. The molecule has 238 valence electrons. The molecule has 1 unspecified atom stereocenters. The maximum atomic E-state index is 14.7. The summed E-state index contributed by atoms with van der Waals surface area (Å²) in [4.78, 5) is 27.9. The van der Waals surface area contributed by atoms with Gasteiger partial charge in [0.25, 0.3) is 0 Å². The molecule has 1 aromatic heterocycles. The third kappa shape index (κ3) is 5.94. The van der Waals surface area contributed by atoms with Gasteiger partial charge in [-0.25, -0.2) is 14.4 Å². The van der Waals surface area contributed by atoms with Gasteiger partial charge in [0.05, 0.1) is 17.8 Å². The second-order valence-corrected chi connectivity index (χ2v) is 13.6. The number of carbonyl (C=O) groups is 1. The Morgan fingerprint density at radius 2 is 1.81 bits per heavy atom. The van der Waals surface area contributed by atoms with E-state index in [9.17, 15) is 14.4 Å².